The van der Waals surface area contributed by atoms with Crippen LogP contribution in [0.5, 0.6) is 11.5 Å². The van der Waals surface area contributed by atoms with Crippen LogP contribution >= 0.6 is 38.9 Å². The van der Waals surface area contributed by atoms with Gasteiger partial charge in [0.2, 0.25) is 23.6 Å². The second-order valence-electron chi connectivity index (χ2n) is 15.3. The van der Waals surface area contributed by atoms with Gasteiger partial charge in [0.1, 0.15) is 11.5 Å². The molecule has 0 spiro atoms. The smallest absolute Gasteiger partial charge is 0.335 e. The number of allylic oxidation sites excluding steroid dienone is 2. The zero-order chi connectivity index (χ0) is 40.4. The van der Waals surface area contributed by atoms with E-state index in [1.807, 2.05) is 31.2 Å². The summed E-state index contributed by atoms with van der Waals surface area (Å²) in [6.45, 7) is 3.76. The molecule has 2 aliphatic carbocycles. The van der Waals surface area contributed by atoms with Crippen molar-refractivity contribution in [2.45, 2.75) is 32.6 Å². The molecule has 2 aromatic heterocycles. The molecule has 5 aromatic rings. The lowest BCUT2D eigenvalue weighted by Crippen LogP contribution is -2.49. The summed E-state index contributed by atoms with van der Waals surface area (Å²) in [5.41, 5.74) is 1.60. The van der Waals surface area contributed by atoms with Crippen molar-refractivity contribution in [2.24, 2.45) is 36.1 Å². The van der Waals surface area contributed by atoms with Gasteiger partial charge in [0.05, 0.1) is 50.9 Å². The van der Waals surface area contributed by atoms with E-state index in [4.69, 9.17) is 21.4 Å². The minimum absolute atomic E-state index is 0.0671. The van der Waals surface area contributed by atoms with E-state index in [-0.39, 0.29) is 35.6 Å². The molecule has 4 aliphatic rings. The molecule has 0 bridgehead atoms. The van der Waals surface area contributed by atoms with E-state index in [2.05, 4.69) is 15.9 Å². The summed E-state index contributed by atoms with van der Waals surface area (Å²) in [4.78, 5) is 73.7. The molecule has 2 saturated heterocycles. The minimum Gasteiger partial charge on any atom is -0.503 e. The number of aromatic carboxylic acids is 1. The highest BCUT2D eigenvalue weighted by Gasteiger charge is 2.68. The number of hydrogen-bond acceptors (Lipinski definition) is 9. The number of anilines is 2. The van der Waals surface area contributed by atoms with Crippen molar-refractivity contribution in [3.05, 3.63) is 98.5 Å². The molecular weight excluding hydrogens is 836 g/mol. The van der Waals surface area contributed by atoms with Crippen LogP contribution in [0.25, 0.3) is 20.7 Å². The van der Waals surface area contributed by atoms with Gasteiger partial charge in [0.25, 0.3) is 0 Å². The van der Waals surface area contributed by atoms with Crippen LogP contribution in [0.3, 0.4) is 0 Å². The van der Waals surface area contributed by atoms with Gasteiger partial charge in [-0.05, 0) is 114 Å². The Hall–Kier alpha value is -5.31. The number of methoxy groups -OCH3 is 1. The number of amides is 4. The molecule has 15 heteroatoms. The maximum Gasteiger partial charge on any atom is 0.335 e. The van der Waals surface area contributed by atoms with Gasteiger partial charge in [-0.2, -0.15) is 5.10 Å². The Balaban J connectivity index is 1.17. The van der Waals surface area contributed by atoms with Crippen molar-refractivity contribution in [3.8, 4) is 22.1 Å². The molecule has 2 N–H and O–H groups in total. The molecule has 4 amide bonds. The number of phenolic OH excluding ortho intramolecular Hbond substituents is 1. The second kappa shape index (κ2) is 13.1. The third-order valence-corrected chi connectivity index (χ3v) is 14.6. The highest BCUT2D eigenvalue weighted by molar-refractivity contribution is 9.10. The Morgan fingerprint density at radius 2 is 1.79 bits per heavy atom. The van der Waals surface area contributed by atoms with Crippen molar-refractivity contribution in [1.29, 1.82) is 0 Å². The first-order valence-electron chi connectivity index (χ1n) is 18.2. The van der Waals surface area contributed by atoms with Gasteiger partial charge in [-0.25, -0.2) is 9.69 Å². The molecule has 3 fully saturated rings. The Bertz CT molecular complexity index is 2690. The normalized spacial score (nSPS) is 25.5. The van der Waals surface area contributed by atoms with Crippen molar-refractivity contribution in [3.63, 3.8) is 0 Å². The Morgan fingerprint density at radius 1 is 1.02 bits per heavy atom. The van der Waals surface area contributed by atoms with Crippen LogP contribution in [0, 0.1) is 36.0 Å². The number of imide groups is 2. The number of aromatic hydroxyl groups is 1. The molecule has 290 valence electrons. The van der Waals surface area contributed by atoms with E-state index >= 15 is 4.79 Å². The van der Waals surface area contributed by atoms with Gasteiger partial charge in [-0.1, -0.05) is 29.3 Å². The van der Waals surface area contributed by atoms with Crippen molar-refractivity contribution in [2.75, 3.05) is 16.9 Å². The van der Waals surface area contributed by atoms with E-state index in [1.54, 1.807) is 32.2 Å². The van der Waals surface area contributed by atoms with Crippen LogP contribution in [0.15, 0.2) is 76.8 Å². The van der Waals surface area contributed by atoms with E-state index in [1.165, 1.54) is 52.3 Å². The summed E-state index contributed by atoms with van der Waals surface area (Å²) in [5.74, 6) is -6.66. The van der Waals surface area contributed by atoms with Crippen molar-refractivity contribution in [1.82, 2.24) is 9.78 Å². The number of carboxylic acids is 1. The van der Waals surface area contributed by atoms with Gasteiger partial charge >= 0.3 is 5.97 Å². The molecule has 2 aliphatic heterocycles. The fourth-order valence-electron chi connectivity index (χ4n) is 9.78. The third kappa shape index (κ3) is 5.29. The molecule has 4 heterocycles. The topological polar surface area (TPSA) is 159 Å². The number of carbonyl (C=O) groups is 5. The zero-order valence-electron chi connectivity index (χ0n) is 30.9. The molecule has 57 heavy (non-hydrogen) atoms. The first kappa shape index (κ1) is 37.3. The SMILES string of the molecule is COc1cc([C@H]2C3=CC[C@@H]4C(=O)N(c5cccc(C(=O)O)c5)C(=O)[C@@H]4[C@@H]3C[C@H]3C(=O)N(c4cc(-c5sc6ccc(Cl)cc6c5C)nn4C)C(=O)[C@@]23C)cc(Br)c1O. The van der Waals surface area contributed by atoms with Crippen LogP contribution in [0.4, 0.5) is 11.5 Å². The molecule has 12 nitrogen and oxygen atoms in total. The molecule has 9 rings (SSSR count). The Labute approximate surface area is 343 Å². The number of aromatic nitrogens is 2. The van der Waals surface area contributed by atoms with E-state index in [0.29, 0.717) is 26.6 Å². The number of fused-ring (bicyclic) bond motifs is 5. The van der Waals surface area contributed by atoms with Gasteiger partial charge < -0.3 is 14.9 Å². The van der Waals surface area contributed by atoms with Gasteiger partial charge in [-0.15, -0.1) is 11.3 Å². The lowest BCUT2D eigenvalue weighted by molar-refractivity contribution is -0.131. The summed E-state index contributed by atoms with van der Waals surface area (Å²) >= 11 is 11.3. The number of phenols is 1. The van der Waals surface area contributed by atoms with Crippen molar-refractivity contribution < 1.29 is 38.9 Å². The number of nitrogens with zero attached hydrogens (tertiary/aromatic N) is 4. The van der Waals surface area contributed by atoms with Crippen molar-refractivity contribution >= 4 is 90.1 Å². The standard InChI is InChI=1S/C42H34BrClN4O8S/c1-18-25-15-21(44)8-11-31(25)57-36(18)29-17-32(46(3)45-29)48-38(51)27-16-26-23(34(42(27,2)41(48)55)20-13-28(43)35(49)30(14-20)56-4)9-10-24-33(26)39(52)47(37(24)50)22-7-5-6-19(12-22)40(53)54/h5-9,11-15,17,24,26-27,33-34,49H,10,16H2,1-4H3,(H,53,54)/t24-,26+,27-,33-,34-,42+/m0/s1. The Morgan fingerprint density at radius 3 is 2.53 bits per heavy atom. The fourth-order valence-corrected chi connectivity index (χ4v) is 11.6. The average molecular weight is 870 g/mol. The number of halogens is 2. The molecule has 0 radical (unpaired) electrons. The average Bonchev–Trinajstić information content (AvgIpc) is 3.85. The summed E-state index contributed by atoms with van der Waals surface area (Å²) in [6.07, 6.45) is 2.23. The number of carbonyl (C=O) groups excluding carboxylic acids is 4. The number of ether oxygens (including phenoxy) is 1. The second-order valence-corrected chi connectivity index (χ2v) is 17.6. The minimum atomic E-state index is -1.37. The van der Waals surface area contributed by atoms with E-state index in [9.17, 15) is 29.4 Å². The summed E-state index contributed by atoms with van der Waals surface area (Å²) in [6, 6.07) is 16.5. The van der Waals surface area contributed by atoms with E-state index in [0.717, 1.165) is 31.0 Å². The van der Waals surface area contributed by atoms with Crippen LogP contribution < -0.4 is 14.5 Å². The van der Waals surface area contributed by atoms with E-state index < -0.39 is 64.6 Å². The molecule has 1 saturated carbocycles. The fraction of sp³-hybridized carbons (Fsp3) is 0.286. The predicted octanol–water partition coefficient (Wildman–Crippen LogP) is 7.87. The summed E-state index contributed by atoms with van der Waals surface area (Å²) in [5, 5.41) is 26.8. The quantitative estimate of drug-likeness (QED) is 0.128. The lowest BCUT2D eigenvalue weighted by atomic mass is 9.51. The van der Waals surface area contributed by atoms with Gasteiger partial charge in [-0.3, -0.25) is 28.8 Å². The number of rotatable bonds is 6. The van der Waals surface area contributed by atoms with Gasteiger partial charge in [0.15, 0.2) is 11.5 Å². The van der Waals surface area contributed by atoms with Crippen LogP contribution in [0.2, 0.25) is 5.02 Å². The summed E-state index contributed by atoms with van der Waals surface area (Å²) < 4.78 is 8.40. The molecule has 3 aromatic carbocycles. The monoisotopic (exact) mass is 868 g/mol. The molecule has 6 atom stereocenters. The van der Waals surface area contributed by atoms with Crippen LogP contribution in [-0.4, -0.2) is 56.7 Å². The first-order valence-corrected chi connectivity index (χ1v) is 20.2. The van der Waals surface area contributed by atoms with Gasteiger partial charge in [0, 0.05) is 28.8 Å². The third-order valence-electron chi connectivity index (χ3n) is 12.4. The van der Waals surface area contributed by atoms with Crippen LogP contribution in [0.1, 0.15) is 47.2 Å². The number of carboxylic acid groups (broad SMARTS) is 1. The maximum atomic E-state index is 15.2. The highest BCUT2D eigenvalue weighted by atomic mass is 79.9. The summed E-state index contributed by atoms with van der Waals surface area (Å²) in [7, 11) is 3.10. The zero-order valence-corrected chi connectivity index (χ0v) is 34.1. The number of hydrogen-bond donors (Lipinski definition) is 2. The van der Waals surface area contributed by atoms with Crippen LogP contribution in [-0.2, 0) is 26.2 Å². The number of thiophene rings is 1. The first-order chi connectivity index (χ1) is 27.1. The largest absolute Gasteiger partial charge is 0.503 e. The number of benzene rings is 3. The lowest BCUT2D eigenvalue weighted by Gasteiger charge is -2.49. The molecular formula is C42H34BrClN4O8S. The number of aryl methyl sites for hydroxylation is 2. The predicted molar refractivity (Wildman–Crippen MR) is 217 cm³/mol. The highest BCUT2D eigenvalue weighted by Crippen LogP contribution is 2.64. The molecule has 0 unspecified atom stereocenters. The maximum absolute atomic E-state index is 15.2. The Kier molecular flexibility index (Phi) is 8.58.